The molecule has 7 heteroatoms. The van der Waals surface area contributed by atoms with Crippen LogP contribution in [0.15, 0.2) is 28.6 Å². The molecule has 1 N–H and O–H groups in total. The number of halogens is 1. The lowest BCUT2D eigenvalue weighted by Crippen LogP contribution is -2.12. The summed E-state index contributed by atoms with van der Waals surface area (Å²) in [6.45, 7) is 0. The fraction of sp³-hybridized carbons (Fsp3) is 0.308. The topological polar surface area (TPSA) is 54.9 Å². The van der Waals surface area contributed by atoms with Gasteiger partial charge in [0.25, 0.3) is 0 Å². The largest absolute Gasteiger partial charge is 0.300 e. The van der Waals surface area contributed by atoms with Gasteiger partial charge in [-0.3, -0.25) is 4.79 Å². The van der Waals surface area contributed by atoms with Gasteiger partial charge in [0, 0.05) is 16.7 Å². The number of hydrogen-bond donors (Lipinski definition) is 1. The first-order chi connectivity index (χ1) is 9.72. The number of carbonyl (C=O) groups excluding carboxylic acids is 1. The van der Waals surface area contributed by atoms with Crippen LogP contribution in [-0.2, 0) is 10.5 Å². The van der Waals surface area contributed by atoms with E-state index < -0.39 is 0 Å². The molecule has 0 bridgehead atoms. The normalized spacial score (nSPS) is 14.2. The molecule has 1 aliphatic rings. The summed E-state index contributed by atoms with van der Waals surface area (Å²) in [7, 11) is 0. The second-order valence-electron chi connectivity index (χ2n) is 4.52. The van der Waals surface area contributed by atoms with E-state index in [1.165, 1.54) is 11.3 Å². The van der Waals surface area contributed by atoms with Crippen LogP contribution in [0.5, 0.6) is 0 Å². The van der Waals surface area contributed by atoms with Crippen LogP contribution in [0.25, 0.3) is 0 Å². The molecule has 2 aromatic rings. The third-order valence-corrected chi connectivity index (χ3v) is 5.28. The Morgan fingerprint density at radius 1 is 1.40 bits per heavy atom. The molecule has 3 rings (SSSR count). The Bertz CT molecular complexity index is 628. The van der Waals surface area contributed by atoms with E-state index >= 15 is 0 Å². The highest BCUT2D eigenvalue weighted by atomic mass is 35.5. The van der Waals surface area contributed by atoms with Gasteiger partial charge in [0.1, 0.15) is 0 Å². The number of anilines is 1. The number of amides is 1. The molecule has 0 radical (unpaired) electrons. The third kappa shape index (κ3) is 3.50. The lowest BCUT2D eigenvalue weighted by atomic mass is 10.2. The first-order valence-corrected chi connectivity index (χ1v) is 8.41. The van der Waals surface area contributed by atoms with E-state index in [0.717, 1.165) is 33.5 Å². The van der Waals surface area contributed by atoms with E-state index in [0.29, 0.717) is 5.13 Å². The molecule has 0 spiro atoms. The number of hydrogen-bond acceptors (Lipinski definition) is 5. The van der Waals surface area contributed by atoms with Crippen LogP contribution in [0, 0.1) is 5.92 Å². The molecule has 20 heavy (non-hydrogen) atoms. The zero-order chi connectivity index (χ0) is 13.9. The minimum Gasteiger partial charge on any atom is -0.300 e. The molecule has 1 aromatic carbocycles. The smallest absolute Gasteiger partial charge is 0.229 e. The fourth-order valence-electron chi connectivity index (χ4n) is 1.63. The van der Waals surface area contributed by atoms with Crippen molar-refractivity contribution in [2.45, 2.75) is 22.9 Å². The summed E-state index contributed by atoms with van der Waals surface area (Å²) in [6.07, 6.45) is 1.97. The second kappa shape index (κ2) is 6.11. The van der Waals surface area contributed by atoms with E-state index in [4.69, 9.17) is 11.6 Å². The quantitative estimate of drug-likeness (QED) is 0.670. The van der Waals surface area contributed by atoms with Crippen LogP contribution in [0.1, 0.15) is 18.4 Å². The van der Waals surface area contributed by atoms with Crippen molar-refractivity contribution < 1.29 is 4.79 Å². The van der Waals surface area contributed by atoms with Crippen LogP contribution >= 0.6 is 34.7 Å². The summed E-state index contributed by atoms with van der Waals surface area (Å²) in [5.74, 6) is 0.979. The van der Waals surface area contributed by atoms with Crippen LogP contribution in [0.4, 0.5) is 5.13 Å². The molecule has 1 fully saturated rings. The predicted octanol–water partition coefficient (Wildman–Crippen LogP) is 3.83. The average molecular weight is 326 g/mol. The van der Waals surface area contributed by atoms with Gasteiger partial charge in [-0.2, -0.15) is 0 Å². The minimum absolute atomic E-state index is 0.0591. The molecule has 1 amide bonds. The van der Waals surface area contributed by atoms with Crippen LogP contribution in [0.3, 0.4) is 0 Å². The van der Waals surface area contributed by atoms with E-state index in [1.54, 1.807) is 11.8 Å². The van der Waals surface area contributed by atoms with Crippen LogP contribution in [0.2, 0.25) is 5.02 Å². The summed E-state index contributed by atoms with van der Waals surface area (Å²) < 4.78 is 0.830. The van der Waals surface area contributed by atoms with Gasteiger partial charge in [-0.15, -0.1) is 10.2 Å². The molecule has 1 aromatic heterocycles. The van der Waals surface area contributed by atoms with Crippen LogP contribution < -0.4 is 5.32 Å². The maximum Gasteiger partial charge on any atom is 0.229 e. The van der Waals surface area contributed by atoms with Crippen molar-refractivity contribution in [3.8, 4) is 0 Å². The molecule has 0 saturated heterocycles. The summed E-state index contributed by atoms with van der Waals surface area (Å²) in [6, 6.07) is 7.74. The molecule has 0 unspecified atom stereocenters. The predicted molar refractivity (Wildman–Crippen MR) is 82.3 cm³/mol. The standard InChI is InChI=1S/C13H12ClN3OS2/c14-10-4-2-1-3-9(10)7-19-13-17-16-12(20-13)15-11(18)8-5-6-8/h1-4,8H,5-7H2,(H,15,16,18). The highest BCUT2D eigenvalue weighted by molar-refractivity contribution is 8.00. The van der Waals surface area contributed by atoms with Gasteiger partial charge in [-0.05, 0) is 24.5 Å². The van der Waals surface area contributed by atoms with Gasteiger partial charge in [-0.25, -0.2) is 0 Å². The highest BCUT2D eigenvalue weighted by Gasteiger charge is 2.30. The first kappa shape index (κ1) is 13.9. The molecular weight excluding hydrogens is 314 g/mol. The number of thioether (sulfide) groups is 1. The fourth-order valence-corrected chi connectivity index (χ4v) is 3.67. The van der Waals surface area contributed by atoms with Crippen molar-refractivity contribution in [1.29, 1.82) is 0 Å². The van der Waals surface area contributed by atoms with Gasteiger partial charge in [0.15, 0.2) is 4.34 Å². The zero-order valence-electron chi connectivity index (χ0n) is 10.5. The van der Waals surface area contributed by atoms with E-state index in [-0.39, 0.29) is 11.8 Å². The van der Waals surface area contributed by atoms with Crippen LogP contribution in [-0.4, -0.2) is 16.1 Å². The van der Waals surface area contributed by atoms with Crippen molar-refractivity contribution in [2.24, 2.45) is 5.92 Å². The molecule has 1 aliphatic carbocycles. The summed E-state index contributed by atoms with van der Waals surface area (Å²) in [5, 5.41) is 12.2. The molecule has 0 atom stereocenters. The molecular formula is C13H12ClN3OS2. The summed E-state index contributed by atoms with van der Waals surface area (Å²) in [4.78, 5) is 11.6. The van der Waals surface area contributed by atoms with Gasteiger partial charge < -0.3 is 5.32 Å². The third-order valence-electron chi connectivity index (χ3n) is 2.89. The lowest BCUT2D eigenvalue weighted by Gasteiger charge is -2.00. The van der Waals surface area contributed by atoms with Gasteiger partial charge >= 0.3 is 0 Å². The van der Waals surface area contributed by atoms with Crippen molar-refractivity contribution in [3.63, 3.8) is 0 Å². The Morgan fingerprint density at radius 2 is 2.20 bits per heavy atom. The van der Waals surface area contributed by atoms with Gasteiger partial charge in [0.2, 0.25) is 11.0 Å². The SMILES string of the molecule is O=C(Nc1nnc(SCc2ccccc2Cl)s1)C1CC1. The maximum atomic E-state index is 11.6. The number of carbonyl (C=O) groups is 1. The number of nitrogens with zero attached hydrogens (tertiary/aromatic N) is 2. The lowest BCUT2D eigenvalue weighted by molar-refractivity contribution is -0.117. The van der Waals surface area contributed by atoms with Crippen molar-refractivity contribution in [3.05, 3.63) is 34.9 Å². The Kier molecular flexibility index (Phi) is 4.24. The number of nitrogens with one attached hydrogen (secondary N) is 1. The van der Waals surface area contributed by atoms with Crippen molar-refractivity contribution >= 4 is 45.7 Å². The minimum atomic E-state index is 0.0591. The summed E-state index contributed by atoms with van der Waals surface area (Å²) >= 11 is 9.07. The Balaban J connectivity index is 1.57. The van der Waals surface area contributed by atoms with Gasteiger partial charge in [0.05, 0.1) is 0 Å². The van der Waals surface area contributed by atoms with Gasteiger partial charge in [-0.1, -0.05) is 52.9 Å². The molecule has 1 saturated carbocycles. The van der Waals surface area contributed by atoms with Crippen molar-refractivity contribution in [2.75, 3.05) is 5.32 Å². The number of benzene rings is 1. The van der Waals surface area contributed by atoms with E-state index in [1.807, 2.05) is 24.3 Å². The highest BCUT2D eigenvalue weighted by Crippen LogP contribution is 2.33. The molecule has 104 valence electrons. The number of rotatable bonds is 5. The Hall–Kier alpha value is -1.11. The van der Waals surface area contributed by atoms with E-state index in [2.05, 4.69) is 15.5 Å². The monoisotopic (exact) mass is 325 g/mol. The van der Waals surface area contributed by atoms with E-state index in [9.17, 15) is 4.79 Å². The van der Waals surface area contributed by atoms with Crippen molar-refractivity contribution in [1.82, 2.24) is 10.2 Å². The molecule has 0 aliphatic heterocycles. The maximum absolute atomic E-state index is 11.6. The Labute approximate surface area is 129 Å². The first-order valence-electron chi connectivity index (χ1n) is 6.23. The molecule has 4 nitrogen and oxygen atoms in total. The average Bonchev–Trinajstić information content (AvgIpc) is 3.20. The Morgan fingerprint density at radius 3 is 2.95 bits per heavy atom. The molecule has 1 heterocycles. The number of aromatic nitrogens is 2. The summed E-state index contributed by atoms with van der Waals surface area (Å²) in [5.41, 5.74) is 1.07. The second-order valence-corrected chi connectivity index (χ2v) is 7.12. The zero-order valence-corrected chi connectivity index (χ0v) is 12.9.